The second kappa shape index (κ2) is 5.87. The molecule has 1 N–H and O–H groups in total. The van der Waals surface area contributed by atoms with E-state index in [4.69, 9.17) is 11.6 Å². The Morgan fingerprint density at radius 1 is 1.44 bits per heavy atom. The Labute approximate surface area is 115 Å². The Bertz CT molecular complexity index is 379. The predicted molar refractivity (Wildman–Crippen MR) is 76.0 cm³/mol. The SMILES string of the molecule is CC(C)(CCCl)NC(=O)c1ccccc1I. The molecule has 0 bridgehead atoms. The van der Waals surface area contributed by atoms with Crippen LogP contribution < -0.4 is 5.32 Å². The standard InChI is InChI=1S/C12H15ClINO/c1-12(2,7-8-13)15-11(16)9-5-3-4-6-10(9)14/h3-6H,7-8H2,1-2H3,(H,15,16). The van der Waals surface area contributed by atoms with Crippen LogP contribution in [0.1, 0.15) is 30.6 Å². The Morgan fingerprint density at radius 2 is 2.06 bits per heavy atom. The third kappa shape index (κ3) is 3.94. The van der Waals surface area contributed by atoms with Gasteiger partial charge in [-0.15, -0.1) is 11.6 Å². The van der Waals surface area contributed by atoms with E-state index in [0.29, 0.717) is 11.4 Å². The van der Waals surface area contributed by atoms with Crippen molar-refractivity contribution in [2.45, 2.75) is 25.8 Å². The van der Waals surface area contributed by atoms with Gasteiger partial charge in [-0.2, -0.15) is 0 Å². The lowest BCUT2D eigenvalue weighted by molar-refractivity contribution is 0.0911. The van der Waals surface area contributed by atoms with Crippen molar-refractivity contribution >= 4 is 40.1 Å². The maximum atomic E-state index is 12.0. The van der Waals surface area contributed by atoms with E-state index in [0.717, 1.165) is 9.99 Å². The summed E-state index contributed by atoms with van der Waals surface area (Å²) in [4.78, 5) is 12.0. The largest absolute Gasteiger partial charge is 0.347 e. The number of hydrogen-bond acceptors (Lipinski definition) is 1. The van der Waals surface area contributed by atoms with Gasteiger partial charge in [-0.3, -0.25) is 4.79 Å². The van der Waals surface area contributed by atoms with Gasteiger partial charge in [-0.25, -0.2) is 0 Å². The van der Waals surface area contributed by atoms with Crippen LogP contribution in [0.3, 0.4) is 0 Å². The topological polar surface area (TPSA) is 29.1 Å². The Kier molecular flexibility index (Phi) is 5.05. The van der Waals surface area contributed by atoms with Crippen LogP contribution in [-0.2, 0) is 0 Å². The van der Waals surface area contributed by atoms with Crippen molar-refractivity contribution in [2.24, 2.45) is 0 Å². The third-order valence-electron chi connectivity index (χ3n) is 2.29. The molecule has 0 radical (unpaired) electrons. The second-order valence-corrected chi connectivity index (χ2v) is 5.80. The zero-order valence-corrected chi connectivity index (χ0v) is 12.3. The molecule has 0 aliphatic heterocycles. The van der Waals surface area contributed by atoms with Crippen LogP contribution in [0, 0.1) is 3.57 Å². The number of carbonyl (C=O) groups excluding carboxylic acids is 1. The smallest absolute Gasteiger partial charge is 0.252 e. The number of carbonyl (C=O) groups is 1. The number of alkyl halides is 1. The van der Waals surface area contributed by atoms with E-state index >= 15 is 0 Å². The number of hydrogen-bond donors (Lipinski definition) is 1. The van der Waals surface area contributed by atoms with Crippen molar-refractivity contribution in [1.82, 2.24) is 5.32 Å². The first-order valence-corrected chi connectivity index (χ1v) is 6.70. The fourth-order valence-corrected chi connectivity index (χ4v) is 2.42. The van der Waals surface area contributed by atoms with Crippen molar-refractivity contribution in [3.8, 4) is 0 Å². The monoisotopic (exact) mass is 351 g/mol. The van der Waals surface area contributed by atoms with Crippen LogP contribution in [0.25, 0.3) is 0 Å². The summed E-state index contributed by atoms with van der Waals surface area (Å²) >= 11 is 7.86. The highest BCUT2D eigenvalue weighted by atomic mass is 127. The van der Waals surface area contributed by atoms with Gasteiger partial charge in [0.2, 0.25) is 0 Å². The Hall–Kier alpha value is -0.290. The summed E-state index contributed by atoms with van der Waals surface area (Å²) < 4.78 is 0.958. The number of halogens is 2. The first kappa shape index (κ1) is 13.8. The first-order chi connectivity index (χ1) is 7.46. The molecular formula is C12H15ClINO. The van der Waals surface area contributed by atoms with E-state index in [2.05, 4.69) is 27.9 Å². The molecule has 0 saturated carbocycles. The van der Waals surface area contributed by atoms with Gasteiger partial charge >= 0.3 is 0 Å². The Morgan fingerprint density at radius 3 is 2.62 bits per heavy atom. The fourth-order valence-electron chi connectivity index (χ4n) is 1.32. The molecular weight excluding hydrogens is 336 g/mol. The van der Waals surface area contributed by atoms with E-state index in [-0.39, 0.29) is 11.4 Å². The highest BCUT2D eigenvalue weighted by Crippen LogP contribution is 2.15. The number of amides is 1. The normalized spacial score (nSPS) is 11.2. The second-order valence-electron chi connectivity index (χ2n) is 4.26. The third-order valence-corrected chi connectivity index (χ3v) is 3.42. The van der Waals surface area contributed by atoms with Gasteiger partial charge in [0.1, 0.15) is 0 Å². The van der Waals surface area contributed by atoms with Crippen molar-refractivity contribution < 1.29 is 4.79 Å². The minimum Gasteiger partial charge on any atom is -0.347 e. The molecule has 1 rings (SSSR count). The van der Waals surface area contributed by atoms with Crippen molar-refractivity contribution in [1.29, 1.82) is 0 Å². The maximum Gasteiger partial charge on any atom is 0.252 e. The predicted octanol–water partition coefficient (Wildman–Crippen LogP) is 3.43. The Balaban J connectivity index is 2.77. The molecule has 4 heteroatoms. The summed E-state index contributed by atoms with van der Waals surface area (Å²) in [6.07, 6.45) is 0.754. The van der Waals surface area contributed by atoms with Gasteiger partial charge in [0.15, 0.2) is 0 Å². The number of rotatable bonds is 4. The lowest BCUT2D eigenvalue weighted by Crippen LogP contribution is -2.43. The highest BCUT2D eigenvalue weighted by Gasteiger charge is 2.21. The molecule has 0 aliphatic carbocycles. The molecule has 1 aromatic rings. The molecule has 0 aromatic heterocycles. The molecule has 1 aromatic carbocycles. The summed E-state index contributed by atoms with van der Waals surface area (Å²) in [5.41, 5.74) is 0.448. The molecule has 0 aliphatic rings. The molecule has 0 heterocycles. The summed E-state index contributed by atoms with van der Waals surface area (Å²) in [5.74, 6) is 0.499. The van der Waals surface area contributed by atoms with Gasteiger partial charge in [-0.1, -0.05) is 12.1 Å². The van der Waals surface area contributed by atoms with Gasteiger partial charge in [0.05, 0.1) is 5.56 Å². The van der Waals surface area contributed by atoms with Gasteiger partial charge in [-0.05, 0) is 55.0 Å². The summed E-state index contributed by atoms with van der Waals surface area (Å²) in [7, 11) is 0. The molecule has 0 saturated heterocycles. The van der Waals surface area contributed by atoms with E-state index in [1.54, 1.807) is 0 Å². The van der Waals surface area contributed by atoms with Gasteiger partial charge in [0.25, 0.3) is 5.91 Å². The molecule has 16 heavy (non-hydrogen) atoms. The molecule has 0 spiro atoms. The first-order valence-electron chi connectivity index (χ1n) is 5.09. The van der Waals surface area contributed by atoms with E-state index in [9.17, 15) is 4.79 Å². The van der Waals surface area contributed by atoms with Crippen LogP contribution in [0.5, 0.6) is 0 Å². The van der Waals surface area contributed by atoms with Gasteiger partial charge < -0.3 is 5.32 Å². The lowest BCUT2D eigenvalue weighted by Gasteiger charge is -2.25. The van der Waals surface area contributed by atoms with Crippen LogP contribution in [0.15, 0.2) is 24.3 Å². The van der Waals surface area contributed by atoms with E-state index in [1.807, 2.05) is 38.1 Å². The average molecular weight is 352 g/mol. The molecule has 0 unspecified atom stereocenters. The zero-order valence-electron chi connectivity index (χ0n) is 9.39. The van der Waals surface area contributed by atoms with Crippen molar-refractivity contribution in [2.75, 3.05) is 5.88 Å². The number of benzene rings is 1. The zero-order chi connectivity index (χ0) is 12.2. The lowest BCUT2D eigenvalue weighted by atomic mass is 10.0. The van der Waals surface area contributed by atoms with E-state index < -0.39 is 0 Å². The average Bonchev–Trinajstić information content (AvgIpc) is 2.17. The van der Waals surface area contributed by atoms with Crippen LogP contribution >= 0.6 is 34.2 Å². The molecule has 0 atom stereocenters. The molecule has 2 nitrogen and oxygen atoms in total. The van der Waals surface area contributed by atoms with E-state index in [1.165, 1.54) is 0 Å². The molecule has 1 amide bonds. The number of nitrogens with one attached hydrogen (secondary N) is 1. The summed E-state index contributed by atoms with van der Waals surface area (Å²) in [6.45, 7) is 3.95. The summed E-state index contributed by atoms with van der Waals surface area (Å²) in [6, 6.07) is 7.53. The summed E-state index contributed by atoms with van der Waals surface area (Å²) in [5, 5.41) is 2.99. The van der Waals surface area contributed by atoms with Crippen LogP contribution in [0.4, 0.5) is 0 Å². The van der Waals surface area contributed by atoms with Crippen molar-refractivity contribution in [3.05, 3.63) is 33.4 Å². The van der Waals surface area contributed by atoms with Crippen molar-refractivity contribution in [3.63, 3.8) is 0 Å². The minimum absolute atomic E-state index is 0.0416. The maximum absolute atomic E-state index is 12.0. The quantitative estimate of drug-likeness (QED) is 0.653. The van der Waals surface area contributed by atoms with Gasteiger partial charge in [0, 0.05) is 15.0 Å². The fraction of sp³-hybridized carbons (Fsp3) is 0.417. The highest BCUT2D eigenvalue weighted by molar-refractivity contribution is 14.1. The van der Waals surface area contributed by atoms with Crippen LogP contribution in [-0.4, -0.2) is 17.3 Å². The molecule has 0 fully saturated rings. The van der Waals surface area contributed by atoms with Crippen LogP contribution in [0.2, 0.25) is 0 Å². The minimum atomic E-state index is -0.266. The molecule has 88 valence electrons.